The molecule has 0 radical (unpaired) electrons. The first-order valence-corrected chi connectivity index (χ1v) is 8.22. The monoisotopic (exact) mass is 314 g/mol. The molecule has 0 fully saturated rings. The third-order valence-electron chi connectivity index (χ3n) is 4.65. The van der Waals surface area contributed by atoms with Crippen LogP contribution in [0.3, 0.4) is 0 Å². The Morgan fingerprint density at radius 1 is 0.792 bits per heavy atom. The molecule has 4 rings (SSSR count). The Kier molecular flexibility index (Phi) is 3.87. The summed E-state index contributed by atoms with van der Waals surface area (Å²) in [5, 5.41) is 0. The summed E-state index contributed by atoms with van der Waals surface area (Å²) in [5.41, 5.74) is 3.35. The van der Waals surface area contributed by atoms with E-state index in [1.54, 1.807) is 0 Å². The Morgan fingerprint density at radius 3 is 1.92 bits per heavy atom. The maximum Gasteiger partial charge on any atom is 0.131 e. The van der Waals surface area contributed by atoms with Gasteiger partial charge >= 0.3 is 0 Å². The predicted octanol–water partition coefficient (Wildman–Crippen LogP) is 4.98. The minimum Gasteiger partial charge on any atom is -0.457 e. The number of hydrogen-bond acceptors (Lipinski definition) is 2. The third-order valence-corrected chi connectivity index (χ3v) is 4.65. The average molecular weight is 314 g/mol. The molecule has 1 unspecified atom stereocenters. The van der Waals surface area contributed by atoms with Gasteiger partial charge in [0.1, 0.15) is 17.8 Å². The lowest BCUT2D eigenvalue weighted by Gasteiger charge is -2.31. The minimum atomic E-state index is -0.126. The molecule has 0 saturated heterocycles. The highest BCUT2D eigenvalue weighted by molar-refractivity contribution is 5.63. The zero-order chi connectivity index (χ0) is 16.4. The second-order valence-corrected chi connectivity index (χ2v) is 6.15. The fourth-order valence-corrected chi connectivity index (χ4v) is 3.54. The van der Waals surface area contributed by atoms with Gasteiger partial charge in [-0.2, -0.15) is 0 Å². The molecule has 0 saturated carbocycles. The first-order chi connectivity index (χ1) is 11.9. The van der Waals surface area contributed by atoms with E-state index in [1.807, 2.05) is 54.6 Å². The van der Waals surface area contributed by atoms with E-state index in [2.05, 4.69) is 24.3 Å². The van der Waals surface area contributed by atoms with Crippen molar-refractivity contribution in [1.29, 1.82) is 0 Å². The second-order valence-electron chi connectivity index (χ2n) is 6.15. The van der Waals surface area contributed by atoms with Gasteiger partial charge < -0.3 is 9.53 Å². The van der Waals surface area contributed by atoms with Crippen LogP contribution in [0.5, 0.6) is 11.5 Å². The van der Waals surface area contributed by atoms with E-state index in [-0.39, 0.29) is 11.8 Å². The molecule has 1 heterocycles. The van der Waals surface area contributed by atoms with Gasteiger partial charge in [0.2, 0.25) is 0 Å². The molecule has 3 aromatic rings. The summed E-state index contributed by atoms with van der Waals surface area (Å²) in [6, 6.07) is 26.2. The fraction of sp³-hybridized carbons (Fsp3) is 0.136. The number of aldehydes is 1. The number of benzene rings is 3. The molecule has 1 atom stereocenters. The number of para-hydroxylation sites is 2. The maximum atomic E-state index is 12.0. The van der Waals surface area contributed by atoms with Crippen LogP contribution in [0, 0.1) is 5.92 Å². The quantitative estimate of drug-likeness (QED) is 0.635. The summed E-state index contributed by atoms with van der Waals surface area (Å²) in [6.45, 7) is 0. The highest BCUT2D eigenvalue weighted by Crippen LogP contribution is 2.47. The summed E-state index contributed by atoms with van der Waals surface area (Å²) < 4.78 is 6.04. The molecule has 2 heteroatoms. The van der Waals surface area contributed by atoms with Gasteiger partial charge in [-0.3, -0.25) is 0 Å². The molecular formula is C22H18O2. The van der Waals surface area contributed by atoms with Crippen LogP contribution >= 0.6 is 0 Å². The molecule has 0 aliphatic carbocycles. The molecule has 2 nitrogen and oxygen atoms in total. The number of hydrogen-bond donors (Lipinski definition) is 0. The van der Waals surface area contributed by atoms with E-state index in [9.17, 15) is 4.79 Å². The highest BCUT2D eigenvalue weighted by atomic mass is 16.5. The normalized spacial score (nSPS) is 14.2. The molecule has 0 bridgehead atoms. The van der Waals surface area contributed by atoms with Gasteiger partial charge in [-0.05, 0) is 24.1 Å². The van der Waals surface area contributed by atoms with Gasteiger partial charge in [0, 0.05) is 23.0 Å². The summed E-state index contributed by atoms with van der Waals surface area (Å²) in [7, 11) is 0. The first kappa shape index (κ1) is 14.7. The Bertz CT molecular complexity index is 809. The highest BCUT2D eigenvalue weighted by Gasteiger charge is 2.33. The van der Waals surface area contributed by atoms with Gasteiger partial charge in [-0.1, -0.05) is 66.7 Å². The van der Waals surface area contributed by atoms with Gasteiger partial charge in [-0.25, -0.2) is 0 Å². The fourth-order valence-electron chi connectivity index (χ4n) is 3.54. The summed E-state index contributed by atoms with van der Waals surface area (Å²) in [5.74, 6) is 1.59. The van der Waals surface area contributed by atoms with Gasteiger partial charge in [0.25, 0.3) is 0 Å². The van der Waals surface area contributed by atoms with Crippen molar-refractivity contribution in [3.63, 3.8) is 0 Å². The van der Waals surface area contributed by atoms with Crippen LogP contribution in [0.15, 0.2) is 78.9 Å². The zero-order valence-corrected chi connectivity index (χ0v) is 13.3. The van der Waals surface area contributed by atoms with Crippen LogP contribution in [0.2, 0.25) is 0 Å². The number of ether oxygens (including phenoxy) is 1. The van der Waals surface area contributed by atoms with Crippen molar-refractivity contribution in [2.24, 2.45) is 5.92 Å². The van der Waals surface area contributed by atoms with Crippen LogP contribution < -0.4 is 4.74 Å². The molecule has 0 amide bonds. The van der Waals surface area contributed by atoms with E-state index in [1.165, 1.54) is 5.56 Å². The van der Waals surface area contributed by atoms with E-state index >= 15 is 0 Å². The number of rotatable bonds is 4. The molecule has 0 spiro atoms. The minimum absolute atomic E-state index is 0.0175. The number of carbonyl (C=O) groups excluding carboxylic acids is 1. The molecule has 1 aliphatic heterocycles. The van der Waals surface area contributed by atoms with E-state index in [0.29, 0.717) is 0 Å². The molecule has 24 heavy (non-hydrogen) atoms. The zero-order valence-electron chi connectivity index (χ0n) is 13.3. The lowest BCUT2D eigenvalue weighted by molar-refractivity contribution is -0.111. The molecule has 1 aliphatic rings. The molecule has 0 N–H and O–H groups in total. The van der Waals surface area contributed by atoms with Crippen LogP contribution in [0.1, 0.15) is 22.6 Å². The summed E-state index contributed by atoms with van der Waals surface area (Å²) in [6.07, 6.45) is 1.81. The van der Waals surface area contributed by atoms with Crippen molar-refractivity contribution in [3.8, 4) is 11.5 Å². The van der Waals surface area contributed by atoms with Gasteiger partial charge in [-0.15, -0.1) is 0 Å². The van der Waals surface area contributed by atoms with Gasteiger partial charge in [0.05, 0.1) is 0 Å². The van der Waals surface area contributed by atoms with Crippen LogP contribution in [0.25, 0.3) is 0 Å². The second kappa shape index (κ2) is 6.32. The largest absolute Gasteiger partial charge is 0.457 e. The molecule has 0 aromatic heterocycles. The summed E-state index contributed by atoms with van der Waals surface area (Å²) >= 11 is 0. The van der Waals surface area contributed by atoms with Crippen molar-refractivity contribution in [3.05, 3.63) is 95.6 Å². The molecule has 118 valence electrons. The summed E-state index contributed by atoms with van der Waals surface area (Å²) in [4.78, 5) is 12.0. The van der Waals surface area contributed by atoms with Crippen LogP contribution in [-0.2, 0) is 11.2 Å². The van der Waals surface area contributed by atoms with Crippen molar-refractivity contribution in [1.82, 2.24) is 0 Å². The standard InChI is InChI=1S/C22H18O2/c23-15-17(14-16-8-2-1-3-9-16)22-18-10-4-6-12-20(18)24-21-13-7-5-11-19(21)22/h1-13,15,17,22H,14H2. The van der Waals surface area contributed by atoms with Gasteiger partial charge in [0.15, 0.2) is 0 Å². The van der Waals surface area contributed by atoms with Crippen molar-refractivity contribution in [2.75, 3.05) is 0 Å². The van der Waals surface area contributed by atoms with E-state index < -0.39 is 0 Å². The number of fused-ring (bicyclic) bond motifs is 2. The Balaban J connectivity index is 1.79. The average Bonchev–Trinajstić information content (AvgIpc) is 2.65. The third kappa shape index (κ3) is 2.61. The van der Waals surface area contributed by atoms with Crippen molar-refractivity contribution in [2.45, 2.75) is 12.3 Å². The topological polar surface area (TPSA) is 26.3 Å². The SMILES string of the molecule is O=CC(Cc1ccccc1)C1c2ccccc2Oc2ccccc21. The molecule has 3 aromatic carbocycles. The molecular weight excluding hydrogens is 296 g/mol. The predicted molar refractivity (Wildman–Crippen MR) is 94.5 cm³/mol. The van der Waals surface area contributed by atoms with E-state index in [0.717, 1.165) is 35.3 Å². The number of carbonyl (C=O) groups is 1. The Morgan fingerprint density at radius 2 is 1.33 bits per heavy atom. The first-order valence-electron chi connectivity index (χ1n) is 8.22. The Hall–Kier alpha value is -2.87. The van der Waals surface area contributed by atoms with Crippen molar-refractivity contribution < 1.29 is 9.53 Å². The Labute approximate surface area is 141 Å². The van der Waals surface area contributed by atoms with Crippen LogP contribution in [-0.4, -0.2) is 6.29 Å². The lowest BCUT2D eigenvalue weighted by atomic mass is 9.77. The van der Waals surface area contributed by atoms with Crippen LogP contribution in [0.4, 0.5) is 0 Å². The lowest BCUT2D eigenvalue weighted by Crippen LogP contribution is -2.22. The van der Waals surface area contributed by atoms with E-state index in [4.69, 9.17) is 4.74 Å². The smallest absolute Gasteiger partial charge is 0.131 e. The maximum absolute atomic E-state index is 12.0. The van der Waals surface area contributed by atoms with Crippen molar-refractivity contribution >= 4 is 6.29 Å².